The number of pyridine rings is 1. The summed E-state index contributed by atoms with van der Waals surface area (Å²) in [6.45, 7) is 0.678. The average Bonchev–Trinajstić information content (AvgIpc) is 2.77. The minimum absolute atomic E-state index is 0.0172. The number of hydrogen-bond donors (Lipinski definition) is 0. The van der Waals surface area contributed by atoms with E-state index in [0.29, 0.717) is 21.3 Å². The van der Waals surface area contributed by atoms with Crippen molar-refractivity contribution in [2.24, 2.45) is 0 Å². The van der Waals surface area contributed by atoms with Gasteiger partial charge in [0.05, 0.1) is 5.39 Å². The Kier molecular flexibility index (Phi) is 3.66. The molecule has 0 spiro atoms. The number of aromatic nitrogens is 3. The van der Waals surface area contributed by atoms with E-state index < -0.39 is 6.43 Å². The first kappa shape index (κ1) is 13.2. The maximum Gasteiger partial charge on any atom is 0.264 e. The topological polar surface area (TPSA) is 39.9 Å². The molecule has 3 rings (SSSR count). The Morgan fingerprint density at radius 1 is 1.42 bits per heavy atom. The van der Waals surface area contributed by atoms with E-state index in [2.05, 4.69) is 10.1 Å². The quantitative estimate of drug-likeness (QED) is 0.748. The van der Waals surface area contributed by atoms with Crippen LogP contribution in [-0.2, 0) is 4.74 Å². The molecule has 0 aromatic carbocycles. The molecule has 1 fully saturated rings. The van der Waals surface area contributed by atoms with E-state index in [1.54, 1.807) is 4.68 Å². The van der Waals surface area contributed by atoms with E-state index in [1.165, 1.54) is 12.3 Å². The van der Waals surface area contributed by atoms with E-state index >= 15 is 0 Å². The number of rotatable bonds is 2. The molecule has 1 unspecified atom stereocenters. The van der Waals surface area contributed by atoms with Gasteiger partial charge in [-0.25, -0.2) is 18.4 Å². The maximum absolute atomic E-state index is 13.0. The van der Waals surface area contributed by atoms with Crippen molar-refractivity contribution < 1.29 is 13.5 Å². The molecule has 0 radical (unpaired) electrons. The summed E-state index contributed by atoms with van der Waals surface area (Å²) in [5, 5.41) is 4.78. The molecule has 0 N–H and O–H groups in total. The minimum Gasteiger partial charge on any atom is -0.356 e. The minimum atomic E-state index is -2.52. The molecule has 1 atom stereocenters. The first-order valence-electron chi connectivity index (χ1n) is 6.11. The molecule has 3 heterocycles. The Labute approximate surface area is 122 Å². The maximum atomic E-state index is 13.0. The largest absolute Gasteiger partial charge is 0.356 e. The van der Waals surface area contributed by atoms with Crippen LogP contribution in [0.1, 0.15) is 37.5 Å². The summed E-state index contributed by atoms with van der Waals surface area (Å²) < 4.78 is 33.9. The van der Waals surface area contributed by atoms with Crippen molar-refractivity contribution in [1.82, 2.24) is 14.8 Å². The summed E-state index contributed by atoms with van der Waals surface area (Å²) in [6.07, 6.45) is 1.61. The highest BCUT2D eigenvalue weighted by atomic mass is 127. The van der Waals surface area contributed by atoms with Gasteiger partial charge in [0.15, 0.2) is 11.9 Å². The summed E-state index contributed by atoms with van der Waals surface area (Å²) in [4.78, 5) is 4.20. The molecule has 1 aliphatic heterocycles. The van der Waals surface area contributed by atoms with Crippen LogP contribution in [0.25, 0.3) is 11.0 Å². The van der Waals surface area contributed by atoms with Crippen molar-refractivity contribution in [3.63, 3.8) is 0 Å². The lowest BCUT2D eigenvalue weighted by molar-refractivity contribution is -0.0372. The van der Waals surface area contributed by atoms with Crippen molar-refractivity contribution >= 4 is 33.6 Å². The zero-order chi connectivity index (χ0) is 13.4. The predicted octanol–water partition coefficient (Wildman–Crippen LogP) is 3.67. The fourth-order valence-corrected chi connectivity index (χ4v) is 3.13. The van der Waals surface area contributed by atoms with Gasteiger partial charge in [0.25, 0.3) is 6.43 Å². The van der Waals surface area contributed by atoms with Gasteiger partial charge < -0.3 is 4.74 Å². The van der Waals surface area contributed by atoms with Crippen molar-refractivity contribution in [2.45, 2.75) is 31.9 Å². The second kappa shape index (κ2) is 5.28. The lowest BCUT2D eigenvalue weighted by Crippen LogP contribution is -2.19. The Bertz CT molecular complexity index is 596. The number of halogens is 3. The van der Waals surface area contributed by atoms with Gasteiger partial charge in [0.2, 0.25) is 0 Å². The van der Waals surface area contributed by atoms with Gasteiger partial charge in [0, 0.05) is 18.4 Å². The van der Waals surface area contributed by atoms with Gasteiger partial charge in [-0.3, -0.25) is 0 Å². The molecule has 7 heteroatoms. The molecule has 102 valence electrons. The van der Waals surface area contributed by atoms with Crippen LogP contribution in [0.2, 0.25) is 0 Å². The van der Waals surface area contributed by atoms with Gasteiger partial charge in [-0.1, -0.05) is 0 Å². The molecule has 1 saturated heterocycles. The van der Waals surface area contributed by atoms with Crippen LogP contribution in [0.4, 0.5) is 8.78 Å². The third-order valence-electron chi connectivity index (χ3n) is 3.25. The fourth-order valence-electron chi connectivity index (χ4n) is 2.34. The predicted molar refractivity (Wildman–Crippen MR) is 74.0 cm³/mol. The normalized spacial score (nSPS) is 20.3. The second-order valence-electron chi connectivity index (χ2n) is 4.46. The van der Waals surface area contributed by atoms with Gasteiger partial charge in [0.1, 0.15) is 3.70 Å². The number of fused-ring (bicyclic) bond motifs is 1. The highest BCUT2D eigenvalue weighted by molar-refractivity contribution is 14.1. The monoisotopic (exact) mass is 379 g/mol. The second-order valence-corrected chi connectivity index (χ2v) is 5.48. The summed E-state index contributed by atoms with van der Waals surface area (Å²) in [5.74, 6) is 0. The van der Waals surface area contributed by atoms with Crippen LogP contribution in [0.15, 0.2) is 12.3 Å². The highest BCUT2D eigenvalue weighted by Crippen LogP contribution is 2.32. The van der Waals surface area contributed by atoms with E-state index in [0.717, 1.165) is 19.3 Å². The van der Waals surface area contributed by atoms with Crippen LogP contribution in [0, 0.1) is 3.70 Å². The first-order chi connectivity index (χ1) is 9.18. The molecular weight excluding hydrogens is 367 g/mol. The Morgan fingerprint density at radius 3 is 2.95 bits per heavy atom. The number of ether oxygens (including phenoxy) is 1. The molecule has 19 heavy (non-hydrogen) atoms. The summed E-state index contributed by atoms with van der Waals surface area (Å²) in [7, 11) is 0. The molecule has 0 aliphatic carbocycles. The highest BCUT2D eigenvalue weighted by Gasteiger charge is 2.24. The fraction of sp³-hybridized carbons (Fsp3) is 0.500. The van der Waals surface area contributed by atoms with E-state index in [1.807, 2.05) is 22.6 Å². The Hall–Kier alpha value is -0.830. The number of hydrogen-bond acceptors (Lipinski definition) is 3. The lowest BCUT2D eigenvalue weighted by atomic mass is 10.2. The lowest BCUT2D eigenvalue weighted by Gasteiger charge is -2.22. The standard InChI is InChI=1S/C12H12F2IN3O/c13-10(14)7-4-5-16-12-9(7)11(15)17-18(12)8-3-1-2-6-19-8/h4-5,8,10H,1-3,6H2. The summed E-state index contributed by atoms with van der Waals surface area (Å²) in [5.41, 5.74) is 0.463. The molecule has 0 saturated carbocycles. The van der Waals surface area contributed by atoms with Gasteiger partial charge >= 0.3 is 0 Å². The zero-order valence-electron chi connectivity index (χ0n) is 10.0. The Morgan fingerprint density at radius 2 is 2.26 bits per heavy atom. The van der Waals surface area contributed by atoms with Crippen molar-refractivity contribution in [3.05, 3.63) is 21.5 Å². The smallest absolute Gasteiger partial charge is 0.264 e. The van der Waals surface area contributed by atoms with E-state index in [4.69, 9.17) is 4.74 Å². The van der Waals surface area contributed by atoms with Crippen molar-refractivity contribution in [2.75, 3.05) is 6.61 Å². The number of nitrogens with zero attached hydrogens (tertiary/aromatic N) is 3. The zero-order valence-corrected chi connectivity index (χ0v) is 12.2. The van der Waals surface area contributed by atoms with Crippen molar-refractivity contribution in [3.8, 4) is 0 Å². The van der Waals surface area contributed by atoms with Gasteiger partial charge in [-0.15, -0.1) is 0 Å². The molecule has 4 nitrogen and oxygen atoms in total. The third-order valence-corrected chi connectivity index (χ3v) is 4.00. The molecule has 0 bridgehead atoms. The summed E-state index contributed by atoms with van der Waals surface area (Å²) >= 11 is 1.97. The van der Waals surface area contributed by atoms with E-state index in [9.17, 15) is 8.78 Å². The SMILES string of the molecule is FC(F)c1ccnc2c1c(I)nn2C1CCCCO1. The van der Waals surface area contributed by atoms with Gasteiger partial charge in [-0.2, -0.15) is 5.10 Å². The molecule has 2 aromatic rings. The van der Waals surface area contributed by atoms with Crippen LogP contribution in [-0.4, -0.2) is 21.4 Å². The molecular formula is C12H12F2IN3O. The van der Waals surface area contributed by atoms with Crippen LogP contribution < -0.4 is 0 Å². The van der Waals surface area contributed by atoms with Gasteiger partial charge in [-0.05, 0) is 47.9 Å². The number of alkyl halides is 2. The first-order valence-corrected chi connectivity index (χ1v) is 7.18. The van der Waals surface area contributed by atoms with Crippen LogP contribution >= 0.6 is 22.6 Å². The molecule has 0 amide bonds. The molecule has 2 aromatic heterocycles. The van der Waals surface area contributed by atoms with Crippen molar-refractivity contribution in [1.29, 1.82) is 0 Å². The average molecular weight is 379 g/mol. The van der Waals surface area contributed by atoms with E-state index in [-0.39, 0.29) is 11.8 Å². The Balaban J connectivity index is 2.14. The summed E-state index contributed by atoms with van der Waals surface area (Å²) in [6, 6.07) is 1.35. The third kappa shape index (κ3) is 2.33. The molecule has 1 aliphatic rings. The van der Waals surface area contributed by atoms with Crippen LogP contribution in [0.3, 0.4) is 0 Å². The van der Waals surface area contributed by atoms with Crippen LogP contribution in [0.5, 0.6) is 0 Å².